The summed E-state index contributed by atoms with van der Waals surface area (Å²) in [6, 6.07) is 60.8. The molecule has 0 aliphatic heterocycles. The summed E-state index contributed by atoms with van der Waals surface area (Å²) < 4.78 is 9.81. The van der Waals surface area contributed by atoms with Gasteiger partial charge in [0.1, 0.15) is 11.0 Å². The largest absolute Gasteiger partial charge is 0.247 e. The third-order valence-electron chi connectivity index (χ3n) is 9.79. The van der Waals surface area contributed by atoms with Crippen molar-refractivity contribution >= 4 is 44.4 Å². The van der Waals surface area contributed by atoms with E-state index in [4.69, 9.17) is 23.7 Å². The molecular formula is C47H29N5S. The lowest BCUT2D eigenvalue weighted by Gasteiger charge is -2.14. The van der Waals surface area contributed by atoms with Gasteiger partial charge in [0, 0.05) is 38.4 Å². The maximum Gasteiger partial charge on any atom is 0.160 e. The van der Waals surface area contributed by atoms with E-state index in [1.165, 1.54) is 17.3 Å². The van der Waals surface area contributed by atoms with Crippen molar-refractivity contribution in [3.05, 3.63) is 176 Å². The first-order valence-corrected chi connectivity index (χ1v) is 18.2. The molecular weight excluding hydrogens is 667 g/mol. The molecule has 0 spiro atoms. The number of benzene rings is 7. The van der Waals surface area contributed by atoms with Gasteiger partial charge in [-0.05, 0) is 40.5 Å². The third kappa shape index (κ3) is 5.62. The second kappa shape index (κ2) is 13.0. The normalized spacial score (nSPS) is 11.4. The van der Waals surface area contributed by atoms with Crippen molar-refractivity contribution in [1.82, 2.24) is 23.7 Å². The lowest BCUT2D eigenvalue weighted by molar-refractivity contribution is 1.18. The number of pyridine rings is 1. The van der Waals surface area contributed by atoms with Crippen LogP contribution in [0, 0.1) is 0 Å². The van der Waals surface area contributed by atoms with Crippen molar-refractivity contribution in [2.75, 3.05) is 0 Å². The monoisotopic (exact) mass is 695 g/mol. The minimum Gasteiger partial charge on any atom is -0.247 e. The zero-order chi connectivity index (χ0) is 35.1. The van der Waals surface area contributed by atoms with E-state index >= 15 is 0 Å². The summed E-state index contributed by atoms with van der Waals surface area (Å²) in [7, 11) is 0. The average molecular weight is 696 g/mol. The maximum absolute atomic E-state index is 5.27. The van der Waals surface area contributed by atoms with Gasteiger partial charge in [-0.15, -0.1) is 0 Å². The summed E-state index contributed by atoms with van der Waals surface area (Å²) in [5.74, 6) is 0.639. The lowest BCUT2D eigenvalue weighted by atomic mass is 9.95. The van der Waals surface area contributed by atoms with Crippen LogP contribution in [0.4, 0.5) is 0 Å². The van der Waals surface area contributed by atoms with Crippen LogP contribution in [-0.4, -0.2) is 23.7 Å². The molecule has 0 atom stereocenters. The van der Waals surface area contributed by atoms with Gasteiger partial charge in [0.25, 0.3) is 0 Å². The molecule has 0 saturated carbocycles. The van der Waals surface area contributed by atoms with E-state index in [-0.39, 0.29) is 0 Å². The number of hydrogen-bond acceptors (Lipinski definition) is 6. The Bertz CT molecular complexity index is 2810. The highest BCUT2D eigenvalue weighted by atomic mass is 32.1. The van der Waals surface area contributed by atoms with E-state index < -0.39 is 0 Å². The SMILES string of the molecule is c1ccc(-c2ccc(-c3cc(-c4cc5c(-c6ccccc6)nc6ccccc6c5c5nsnc45)nc(-c4ccc(-c5ccccc5)cc4)n3)cc2)cc1. The second-order valence-electron chi connectivity index (χ2n) is 13.0. The van der Waals surface area contributed by atoms with Crippen molar-refractivity contribution in [2.24, 2.45) is 0 Å². The van der Waals surface area contributed by atoms with Crippen molar-refractivity contribution in [1.29, 1.82) is 0 Å². The molecule has 0 aliphatic rings. The van der Waals surface area contributed by atoms with Crippen LogP contribution < -0.4 is 0 Å². The molecule has 0 amide bonds. The van der Waals surface area contributed by atoms with E-state index in [1.807, 2.05) is 24.3 Å². The number of fused-ring (bicyclic) bond motifs is 5. The lowest BCUT2D eigenvalue weighted by Crippen LogP contribution is -1.98. The fourth-order valence-electron chi connectivity index (χ4n) is 7.14. The highest BCUT2D eigenvalue weighted by molar-refractivity contribution is 7.00. The van der Waals surface area contributed by atoms with Crippen LogP contribution in [0.25, 0.3) is 100 Å². The van der Waals surface area contributed by atoms with Crippen LogP contribution in [0.1, 0.15) is 0 Å². The Hall–Kier alpha value is -6.89. The van der Waals surface area contributed by atoms with Crippen LogP contribution in [0.5, 0.6) is 0 Å². The van der Waals surface area contributed by atoms with Gasteiger partial charge in [-0.2, -0.15) is 8.75 Å². The summed E-state index contributed by atoms with van der Waals surface area (Å²) in [6.45, 7) is 0. The maximum atomic E-state index is 5.27. The zero-order valence-corrected chi connectivity index (χ0v) is 29.2. The zero-order valence-electron chi connectivity index (χ0n) is 28.4. The Kier molecular flexibility index (Phi) is 7.59. The Morgan fingerprint density at radius 1 is 0.358 bits per heavy atom. The quantitative estimate of drug-likeness (QED) is 0.162. The van der Waals surface area contributed by atoms with Gasteiger partial charge < -0.3 is 0 Å². The van der Waals surface area contributed by atoms with Gasteiger partial charge in [-0.1, -0.05) is 158 Å². The van der Waals surface area contributed by atoms with E-state index in [0.29, 0.717) is 5.82 Å². The predicted octanol–water partition coefficient (Wildman–Crippen LogP) is 12.2. The van der Waals surface area contributed by atoms with Crippen molar-refractivity contribution in [3.8, 4) is 67.4 Å². The first-order valence-electron chi connectivity index (χ1n) is 17.5. The highest BCUT2D eigenvalue weighted by Gasteiger charge is 2.21. The molecule has 10 aromatic rings. The van der Waals surface area contributed by atoms with Gasteiger partial charge >= 0.3 is 0 Å². The minimum atomic E-state index is 0.639. The molecule has 3 aromatic heterocycles. The number of nitrogens with zero attached hydrogens (tertiary/aromatic N) is 5. The molecule has 0 N–H and O–H groups in total. The Morgan fingerprint density at radius 2 is 0.868 bits per heavy atom. The van der Waals surface area contributed by atoms with Crippen molar-refractivity contribution in [3.63, 3.8) is 0 Å². The Balaban J connectivity index is 1.20. The van der Waals surface area contributed by atoms with E-state index in [9.17, 15) is 0 Å². The number of rotatable bonds is 6. The van der Waals surface area contributed by atoms with Gasteiger partial charge in [-0.3, -0.25) is 0 Å². The summed E-state index contributed by atoms with van der Waals surface area (Å²) in [5, 5.41) is 3.10. The average Bonchev–Trinajstić information content (AvgIpc) is 3.74. The molecule has 0 bridgehead atoms. The Labute approximate surface area is 310 Å². The third-order valence-corrected chi connectivity index (χ3v) is 10.3. The molecule has 10 rings (SSSR count). The smallest absolute Gasteiger partial charge is 0.160 e. The molecule has 0 aliphatic carbocycles. The first-order chi connectivity index (χ1) is 26.3. The highest BCUT2D eigenvalue weighted by Crippen LogP contribution is 2.41. The second-order valence-corrected chi connectivity index (χ2v) is 13.5. The molecule has 0 saturated heterocycles. The Morgan fingerprint density at radius 3 is 1.53 bits per heavy atom. The number of para-hydroxylation sites is 1. The van der Waals surface area contributed by atoms with Gasteiger partial charge in [0.05, 0.1) is 34.3 Å². The molecule has 6 heteroatoms. The van der Waals surface area contributed by atoms with E-state index in [2.05, 4.69) is 152 Å². The van der Waals surface area contributed by atoms with Gasteiger partial charge in [0.15, 0.2) is 5.82 Å². The molecule has 0 fully saturated rings. The molecule has 0 radical (unpaired) electrons. The summed E-state index contributed by atoms with van der Waals surface area (Å²) in [4.78, 5) is 15.7. The molecule has 7 aromatic carbocycles. The van der Waals surface area contributed by atoms with Gasteiger partial charge in [-0.25, -0.2) is 15.0 Å². The van der Waals surface area contributed by atoms with Crippen LogP contribution in [-0.2, 0) is 0 Å². The van der Waals surface area contributed by atoms with Crippen LogP contribution in [0.15, 0.2) is 176 Å². The molecule has 53 heavy (non-hydrogen) atoms. The van der Waals surface area contributed by atoms with Crippen molar-refractivity contribution in [2.45, 2.75) is 0 Å². The fraction of sp³-hybridized carbons (Fsp3) is 0. The molecule has 5 nitrogen and oxygen atoms in total. The summed E-state index contributed by atoms with van der Waals surface area (Å²) in [5.41, 5.74) is 13.6. The van der Waals surface area contributed by atoms with E-state index in [1.54, 1.807) is 0 Å². The molecule has 3 heterocycles. The fourth-order valence-corrected chi connectivity index (χ4v) is 7.71. The predicted molar refractivity (Wildman–Crippen MR) is 218 cm³/mol. The standard InChI is InChI=1S/C47H29N5S/c1-4-12-30(13-5-1)32-20-24-34(25-21-32)41-29-42(50-47(49-41)36-26-22-33(23-27-36)31-14-6-2-7-15-31)38-28-39-43(46-45(38)51-53-52-46)37-18-10-11-19-40(37)48-44(39)35-16-8-3-9-17-35/h1-29H. The van der Waals surface area contributed by atoms with Gasteiger partial charge in [0.2, 0.25) is 0 Å². The number of hydrogen-bond donors (Lipinski definition) is 0. The van der Waals surface area contributed by atoms with Crippen LogP contribution in [0.2, 0.25) is 0 Å². The first kappa shape index (κ1) is 30.9. The van der Waals surface area contributed by atoms with Crippen LogP contribution >= 0.6 is 11.7 Å². The minimum absolute atomic E-state index is 0.639. The molecule has 0 unspecified atom stereocenters. The van der Waals surface area contributed by atoms with Crippen LogP contribution in [0.3, 0.4) is 0 Å². The van der Waals surface area contributed by atoms with Crippen molar-refractivity contribution < 1.29 is 0 Å². The number of aromatic nitrogens is 5. The summed E-state index contributed by atoms with van der Waals surface area (Å²) >= 11 is 1.22. The summed E-state index contributed by atoms with van der Waals surface area (Å²) in [6.07, 6.45) is 0. The topological polar surface area (TPSA) is 64.5 Å². The molecule has 248 valence electrons. The van der Waals surface area contributed by atoms with E-state index in [0.717, 1.165) is 88.7 Å².